The van der Waals surface area contributed by atoms with Gasteiger partial charge >= 0.3 is 22.5 Å². The first-order chi connectivity index (χ1) is 15.7. The molecular formula is C16H4Cl6F6N2O5. The number of nitrogens with zero attached hydrogens (tertiary/aromatic N) is 2. The van der Waals surface area contributed by atoms with Crippen LogP contribution in [0.15, 0.2) is 24.3 Å². The maximum atomic E-state index is 15.8. The molecule has 0 fully saturated rings. The largest absolute Gasteiger partial charge is 0.384 e. The van der Waals surface area contributed by atoms with E-state index >= 15 is 8.78 Å². The summed E-state index contributed by atoms with van der Waals surface area (Å²) < 4.78 is 92.4. The van der Waals surface area contributed by atoms with Crippen LogP contribution < -0.4 is 0 Å². The van der Waals surface area contributed by atoms with Crippen LogP contribution >= 0.6 is 69.6 Å². The molecule has 0 radical (unpaired) electrons. The van der Waals surface area contributed by atoms with E-state index in [1.807, 2.05) is 0 Å². The summed E-state index contributed by atoms with van der Waals surface area (Å²) in [4.78, 5) is 19.6. The average molecular weight is 631 g/mol. The van der Waals surface area contributed by atoms with Gasteiger partial charge in [-0.05, 0) is 35.3 Å². The van der Waals surface area contributed by atoms with Crippen molar-refractivity contribution >= 4 is 81.0 Å². The van der Waals surface area contributed by atoms with Gasteiger partial charge in [0.2, 0.25) is 0 Å². The Hall–Kier alpha value is -1.48. The summed E-state index contributed by atoms with van der Waals surface area (Å²) in [7, 11) is 0. The van der Waals surface area contributed by atoms with Crippen molar-refractivity contribution in [2.45, 2.75) is 22.5 Å². The third-order valence-electron chi connectivity index (χ3n) is 4.17. The molecule has 35 heavy (non-hydrogen) atoms. The van der Waals surface area contributed by atoms with E-state index in [2.05, 4.69) is 4.74 Å². The zero-order valence-corrected chi connectivity index (χ0v) is 20.3. The monoisotopic (exact) mass is 628 g/mol. The molecule has 0 N–H and O–H groups in total. The lowest BCUT2D eigenvalue weighted by atomic mass is 10.0. The number of benzene rings is 2. The molecule has 0 aliphatic heterocycles. The predicted octanol–water partition coefficient (Wildman–Crippen LogP) is 8.74. The van der Waals surface area contributed by atoms with Crippen LogP contribution in [0.5, 0.6) is 0 Å². The molecule has 192 valence electrons. The number of rotatable bonds is 8. The van der Waals surface area contributed by atoms with E-state index in [1.54, 1.807) is 0 Å². The highest BCUT2D eigenvalue weighted by molar-refractivity contribution is 6.37. The molecule has 0 saturated heterocycles. The van der Waals surface area contributed by atoms with E-state index in [9.17, 15) is 37.8 Å². The Bertz CT molecular complexity index is 1120. The van der Waals surface area contributed by atoms with Crippen LogP contribution in [-0.4, -0.2) is 20.6 Å². The summed E-state index contributed by atoms with van der Waals surface area (Å²) in [5.41, 5.74) is -6.25. The van der Waals surface area contributed by atoms with Crippen LogP contribution in [0.2, 0.25) is 20.1 Å². The fraction of sp³-hybridized carbons (Fsp3) is 0.250. The molecule has 0 saturated carbocycles. The van der Waals surface area contributed by atoms with Crippen molar-refractivity contribution in [3.8, 4) is 0 Å². The lowest BCUT2D eigenvalue weighted by molar-refractivity contribution is -0.388. The second-order valence-electron chi connectivity index (χ2n) is 6.37. The van der Waals surface area contributed by atoms with Crippen molar-refractivity contribution in [2.75, 3.05) is 0 Å². The van der Waals surface area contributed by atoms with E-state index in [1.165, 1.54) is 0 Å². The SMILES string of the molecule is O=[N+]([O-])c1cc(C(F)(OC(F)(c2cc([N+](=O)[O-])c(Cl)cc2Cl)C(F)(F)Cl)C(F)(F)Cl)c(Cl)cc1Cl. The van der Waals surface area contributed by atoms with Crippen molar-refractivity contribution < 1.29 is 40.9 Å². The first-order valence-electron chi connectivity index (χ1n) is 8.16. The van der Waals surface area contributed by atoms with Crippen LogP contribution in [0.25, 0.3) is 0 Å². The number of hydrogen-bond acceptors (Lipinski definition) is 5. The Kier molecular flexibility index (Phi) is 8.30. The van der Waals surface area contributed by atoms with Gasteiger partial charge in [0.25, 0.3) is 11.4 Å². The standard InChI is InChI=1S/C16H4Cl6F6N2O5/c17-7-3-9(19)11(29(31)32)1-5(7)13(23,15(21,25)26)35-14(24,16(22,27)28)6-2-12(30(33)34)10(20)4-8(6)18/h1-4H. The summed E-state index contributed by atoms with van der Waals surface area (Å²) in [6.07, 6.45) is 0. The minimum Gasteiger partial charge on any atom is -0.289 e. The highest BCUT2D eigenvalue weighted by atomic mass is 35.5. The molecule has 0 heterocycles. The van der Waals surface area contributed by atoms with Gasteiger partial charge in [-0.15, -0.1) is 0 Å². The quantitative estimate of drug-likeness (QED) is 0.126. The van der Waals surface area contributed by atoms with Crippen molar-refractivity contribution in [2.24, 2.45) is 0 Å². The number of nitro benzene ring substituents is 2. The Morgan fingerprint density at radius 2 is 0.914 bits per heavy atom. The zero-order valence-electron chi connectivity index (χ0n) is 15.8. The molecule has 0 aliphatic rings. The molecule has 2 rings (SSSR count). The normalized spacial score (nSPS) is 15.9. The van der Waals surface area contributed by atoms with Gasteiger partial charge in [-0.3, -0.25) is 25.0 Å². The smallest absolute Gasteiger partial charge is 0.289 e. The highest BCUT2D eigenvalue weighted by Gasteiger charge is 2.69. The second-order valence-corrected chi connectivity index (χ2v) is 8.95. The molecule has 19 heteroatoms. The lowest BCUT2D eigenvalue weighted by Gasteiger charge is -2.38. The molecule has 0 amide bonds. The maximum absolute atomic E-state index is 15.8. The lowest BCUT2D eigenvalue weighted by Crippen LogP contribution is -2.51. The molecule has 0 aromatic heterocycles. The molecule has 2 aromatic carbocycles. The Labute approximate surface area is 219 Å². The number of nitro groups is 2. The summed E-state index contributed by atoms with van der Waals surface area (Å²) in [6, 6.07) is 0.519. The van der Waals surface area contributed by atoms with Gasteiger partial charge in [-0.1, -0.05) is 46.4 Å². The molecule has 2 unspecified atom stereocenters. The minimum atomic E-state index is -5.50. The van der Waals surface area contributed by atoms with Crippen LogP contribution in [0.4, 0.5) is 37.7 Å². The van der Waals surface area contributed by atoms with Crippen LogP contribution in [0, 0.1) is 20.2 Å². The van der Waals surface area contributed by atoms with Gasteiger partial charge in [-0.25, -0.2) is 0 Å². The van der Waals surface area contributed by atoms with Gasteiger partial charge in [0, 0.05) is 23.3 Å². The van der Waals surface area contributed by atoms with Crippen LogP contribution in [0.3, 0.4) is 0 Å². The molecule has 2 aromatic rings. The first kappa shape index (κ1) is 29.7. The number of alkyl halides is 8. The molecule has 0 aliphatic carbocycles. The zero-order chi connectivity index (χ0) is 27.3. The Balaban J connectivity index is 2.94. The van der Waals surface area contributed by atoms with Crippen molar-refractivity contribution in [3.63, 3.8) is 0 Å². The number of halogens is 12. The highest BCUT2D eigenvalue weighted by Crippen LogP contribution is 2.58. The van der Waals surface area contributed by atoms with Gasteiger partial charge in [0.15, 0.2) is 0 Å². The Morgan fingerprint density at radius 3 is 1.14 bits per heavy atom. The summed E-state index contributed by atoms with van der Waals surface area (Å²) in [6.45, 7) is 0. The van der Waals surface area contributed by atoms with Gasteiger partial charge in [0.1, 0.15) is 10.0 Å². The van der Waals surface area contributed by atoms with Crippen molar-refractivity contribution in [3.05, 3.63) is 75.7 Å². The van der Waals surface area contributed by atoms with Gasteiger partial charge in [-0.2, -0.15) is 26.3 Å². The molecule has 0 bridgehead atoms. The van der Waals surface area contributed by atoms with E-state index in [0.29, 0.717) is 12.1 Å². The van der Waals surface area contributed by atoms with E-state index in [4.69, 9.17) is 69.6 Å². The molecule has 2 atom stereocenters. The average Bonchev–Trinajstić information content (AvgIpc) is 2.65. The summed E-state index contributed by atoms with van der Waals surface area (Å²) in [5.74, 6) is -10.5. The van der Waals surface area contributed by atoms with Crippen molar-refractivity contribution in [1.82, 2.24) is 0 Å². The minimum absolute atomic E-state index is 0.0837. The fourth-order valence-electron chi connectivity index (χ4n) is 2.57. The Morgan fingerprint density at radius 1 is 0.629 bits per heavy atom. The number of ether oxygens (including phenoxy) is 1. The molecule has 7 nitrogen and oxygen atoms in total. The maximum Gasteiger partial charge on any atom is 0.384 e. The predicted molar refractivity (Wildman–Crippen MR) is 114 cm³/mol. The fourth-order valence-corrected chi connectivity index (χ4v) is 4.00. The summed E-state index contributed by atoms with van der Waals surface area (Å²) >= 11 is 31.7. The van der Waals surface area contributed by atoms with Crippen LogP contribution in [-0.2, 0) is 16.4 Å². The van der Waals surface area contributed by atoms with Crippen LogP contribution in [0.1, 0.15) is 11.1 Å². The second kappa shape index (κ2) is 9.77. The van der Waals surface area contributed by atoms with E-state index < -0.39 is 74.9 Å². The van der Waals surface area contributed by atoms with E-state index in [-0.39, 0.29) is 12.1 Å². The topological polar surface area (TPSA) is 95.5 Å². The third kappa shape index (κ3) is 5.45. The summed E-state index contributed by atoms with van der Waals surface area (Å²) in [5, 5.41) is 7.12. The molecular weight excluding hydrogens is 627 g/mol. The number of hydrogen-bond donors (Lipinski definition) is 0. The van der Waals surface area contributed by atoms with E-state index in [0.717, 1.165) is 0 Å². The first-order valence-corrected chi connectivity index (χ1v) is 10.4. The van der Waals surface area contributed by atoms with Gasteiger partial charge < -0.3 is 0 Å². The van der Waals surface area contributed by atoms with Gasteiger partial charge in [0.05, 0.1) is 19.9 Å². The third-order valence-corrected chi connectivity index (χ3v) is 5.89. The van der Waals surface area contributed by atoms with Crippen molar-refractivity contribution in [1.29, 1.82) is 0 Å². The molecule has 0 spiro atoms.